The third-order valence-electron chi connectivity index (χ3n) is 3.73. The Labute approximate surface area is 153 Å². The van der Waals surface area contributed by atoms with Crippen molar-refractivity contribution in [2.75, 3.05) is 12.4 Å². The average molecular weight is 371 g/mol. The molecule has 0 unspecified atom stereocenters. The summed E-state index contributed by atoms with van der Waals surface area (Å²) in [5.74, 6) is -1.71. The van der Waals surface area contributed by atoms with E-state index in [-0.39, 0.29) is 5.69 Å². The van der Waals surface area contributed by atoms with E-state index in [1.165, 1.54) is 19.2 Å². The predicted molar refractivity (Wildman–Crippen MR) is 95.5 cm³/mol. The maximum Gasteiger partial charge on any atom is 0.267 e. The molecule has 6 nitrogen and oxygen atoms in total. The normalized spacial score (nSPS) is 10.5. The standard InChI is InChI=1S/C19H15F2N3O3/c1-27-14-4-2-3-12(9-14)16-7-8-19(26)24(23-16)11-18(25)22-17-6-5-13(20)10-15(17)21/h2-10H,11H2,1H3,(H,22,25). The van der Waals surface area contributed by atoms with E-state index in [4.69, 9.17) is 4.74 Å². The van der Waals surface area contributed by atoms with Crippen LogP contribution in [0.15, 0.2) is 59.4 Å². The van der Waals surface area contributed by atoms with Crippen molar-refractivity contribution in [3.63, 3.8) is 0 Å². The summed E-state index contributed by atoms with van der Waals surface area (Å²) in [5.41, 5.74) is 0.497. The van der Waals surface area contributed by atoms with Crippen LogP contribution in [0.3, 0.4) is 0 Å². The van der Waals surface area contributed by atoms with Gasteiger partial charge in [0.25, 0.3) is 5.56 Å². The Morgan fingerprint density at radius 3 is 2.70 bits per heavy atom. The van der Waals surface area contributed by atoms with E-state index in [9.17, 15) is 18.4 Å². The summed E-state index contributed by atoms with van der Waals surface area (Å²) in [6, 6.07) is 12.7. The number of hydrogen-bond acceptors (Lipinski definition) is 4. The lowest BCUT2D eigenvalue weighted by Gasteiger charge is -2.09. The van der Waals surface area contributed by atoms with Crippen molar-refractivity contribution in [3.8, 4) is 17.0 Å². The zero-order chi connectivity index (χ0) is 19.4. The Bertz CT molecular complexity index is 1050. The second kappa shape index (κ2) is 7.77. The Hall–Kier alpha value is -3.55. The van der Waals surface area contributed by atoms with E-state index in [0.29, 0.717) is 23.1 Å². The quantitative estimate of drug-likeness (QED) is 0.749. The average Bonchev–Trinajstić information content (AvgIpc) is 2.66. The molecule has 0 atom stereocenters. The van der Waals surface area contributed by atoms with Gasteiger partial charge in [-0.25, -0.2) is 13.5 Å². The molecule has 0 fully saturated rings. The van der Waals surface area contributed by atoms with Crippen LogP contribution in [-0.2, 0) is 11.3 Å². The minimum Gasteiger partial charge on any atom is -0.497 e. The Morgan fingerprint density at radius 2 is 1.96 bits per heavy atom. The van der Waals surface area contributed by atoms with Gasteiger partial charge in [0.1, 0.15) is 23.9 Å². The molecular formula is C19H15F2N3O3. The maximum absolute atomic E-state index is 13.6. The van der Waals surface area contributed by atoms with Crippen LogP contribution in [0.2, 0.25) is 0 Å². The molecule has 0 saturated heterocycles. The van der Waals surface area contributed by atoms with Gasteiger partial charge in [-0.2, -0.15) is 5.10 Å². The third kappa shape index (κ3) is 4.35. The minimum atomic E-state index is -0.909. The SMILES string of the molecule is COc1cccc(-c2ccc(=O)n(CC(=O)Nc3ccc(F)cc3F)n2)c1. The van der Waals surface area contributed by atoms with E-state index in [0.717, 1.165) is 16.8 Å². The molecule has 27 heavy (non-hydrogen) atoms. The molecule has 1 N–H and O–H groups in total. The van der Waals surface area contributed by atoms with E-state index in [1.54, 1.807) is 24.3 Å². The van der Waals surface area contributed by atoms with Crippen molar-refractivity contribution in [1.29, 1.82) is 0 Å². The number of carbonyl (C=O) groups is 1. The van der Waals surface area contributed by atoms with Gasteiger partial charge in [-0.1, -0.05) is 12.1 Å². The summed E-state index contributed by atoms with van der Waals surface area (Å²) < 4.78 is 32.7. The summed E-state index contributed by atoms with van der Waals surface area (Å²) in [6.45, 7) is -0.423. The highest BCUT2D eigenvalue weighted by atomic mass is 19.1. The molecule has 0 radical (unpaired) electrons. The van der Waals surface area contributed by atoms with Crippen molar-refractivity contribution in [3.05, 3.63) is 76.6 Å². The van der Waals surface area contributed by atoms with Crippen molar-refractivity contribution in [2.45, 2.75) is 6.54 Å². The Morgan fingerprint density at radius 1 is 1.15 bits per heavy atom. The van der Waals surface area contributed by atoms with Gasteiger partial charge in [0, 0.05) is 17.7 Å². The summed E-state index contributed by atoms with van der Waals surface area (Å²) in [4.78, 5) is 24.1. The number of amides is 1. The first-order chi connectivity index (χ1) is 13.0. The van der Waals surface area contributed by atoms with Gasteiger partial charge in [0.05, 0.1) is 18.5 Å². The molecule has 0 aliphatic heterocycles. The summed E-state index contributed by atoms with van der Waals surface area (Å²) in [6.07, 6.45) is 0. The fourth-order valence-corrected chi connectivity index (χ4v) is 2.42. The number of halogens is 2. The van der Waals surface area contributed by atoms with E-state index >= 15 is 0 Å². The van der Waals surface area contributed by atoms with Gasteiger partial charge in [-0.15, -0.1) is 0 Å². The van der Waals surface area contributed by atoms with Crippen LogP contribution in [0.5, 0.6) is 5.75 Å². The number of benzene rings is 2. The van der Waals surface area contributed by atoms with Crippen LogP contribution in [0.1, 0.15) is 0 Å². The van der Waals surface area contributed by atoms with Crippen LogP contribution < -0.4 is 15.6 Å². The first-order valence-electron chi connectivity index (χ1n) is 7.94. The first-order valence-corrected chi connectivity index (χ1v) is 7.94. The molecule has 0 bridgehead atoms. The molecule has 1 heterocycles. The predicted octanol–water partition coefficient (Wildman–Crippen LogP) is 2.84. The molecule has 8 heteroatoms. The molecular weight excluding hydrogens is 356 g/mol. The number of rotatable bonds is 5. The largest absolute Gasteiger partial charge is 0.497 e. The van der Waals surface area contributed by atoms with E-state index in [1.807, 2.05) is 0 Å². The maximum atomic E-state index is 13.6. The second-order valence-electron chi connectivity index (χ2n) is 5.62. The fourth-order valence-electron chi connectivity index (χ4n) is 2.42. The van der Waals surface area contributed by atoms with Gasteiger partial charge >= 0.3 is 0 Å². The van der Waals surface area contributed by atoms with Crippen LogP contribution in [0.25, 0.3) is 11.3 Å². The van der Waals surface area contributed by atoms with Crippen LogP contribution in [0.4, 0.5) is 14.5 Å². The lowest BCUT2D eigenvalue weighted by molar-refractivity contribution is -0.117. The van der Waals surface area contributed by atoms with E-state index in [2.05, 4.69) is 10.4 Å². The van der Waals surface area contributed by atoms with Crippen LogP contribution >= 0.6 is 0 Å². The number of ether oxygens (including phenoxy) is 1. The van der Waals surface area contributed by atoms with Gasteiger partial charge in [-0.05, 0) is 30.3 Å². The minimum absolute atomic E-state index is 0.182. The summed E-state index contributed by atoms with van der Waals surface area (Å²) >= 11 is 0. The molecule has 0 aliphatic carbocycles. The highest BCUT2D eigenvalue weighted by Gasteiger charge is 2.11. The van der Waals surface area contributed by atoms with Crippen molar-refractivity contribution in [1.82, 2.24) is 9.78 Å². The molecule has 0 spiro atoms. The molecule has 0 saturated carbocycles. The topological polar surface area (TPSA) is 73.2 Å². The highest BCUT2D eigenvalue weighted by Crippen LogP contribution is 2.21. The van der Waals surface area contributed by atoms with Gasteiger partial charge < -0.3 is 10.1 Å². The van der Waals surface area contributed by atoms with Gasteiger partial charge in [0.15, 0.2) is 0 Å². The fraction of sp³-hybridized carbons (Fsp3) is 0.105. The number of methoxy groups -OCH3 is 1. The summed E-state index contributed by atoms with van der Waals surface area (Å²) in [7, 11) is 1.53. The highest BCUT2D eigenvalue weighted by molar-refractivity contribution is 5.90. The number of aromatic nitrogens is 2. The molecule has 1 aromatic heterocycles. The second-order valence-corrected chi connectivity index (χ2v) is 5.62. The molecule has 138 valence electrons. The summed E-state index contributed by atoms with van der Waals surface area (Å²) in [5, 5.41) is 6.46. The zero-order valence-corrected chi connectivity index (χ0v) is 14.3. The monoisotopic (exact) mass is 371 g/mol. The van der Waals surface area contributed by atoms with Crippen molar-refractivity contribution in [2.24, 2.45) is 0 Å². The zero-order valence-electron chi connectivity index (χ0n) is 14.3. The molecule has 2 aromatic carbocycles. The van der Waals surface area contributed by atoms with Crippen molar-refractivity contribution < 1.29 is 18.3 Å². The number of hydrogen-bond donors (Lipinski definition) is 1. The van der Waals surface area contributed by atoms with Crippen LogP contribution in [-0.4, -0.2) is 22.8 Å². The van der Waals surface area contributed by atoms with Crippen LogP contribution in [0, 0.1) is 11.6 Å². The lowest BCUT2D eigenvalue weighted by Crippen LogP contribution is -2.29. The first kappa shape index (κ1) is 18.2. The van der Waals surface area contributed by atoms with Crippen molar-refractivity contribution >= 4 is 11.6 Å². The Balaban J connectivity index is 1.82. The molecule has 0 aliphatic rings. The number of anilines is 1. The molecule has 3 aromatic rings. The lowest BCUT2D eigenvalue weighted by atomic mass is 10.1. The van der Waals surface area contributed by atoms with E-state index < -0.39 is 29.6 Å². The molecule has 3 rings (SSSR count). The van der Waals surface area contributed by atoms with Gasteiger partial charge in [0.2, 0.25) is 5.91 Å². The number of carbonyl (C=O) groups excluding carboxylic acids is 1. The molecule has 1 amide bonds. The number of nitrogens with zero attached hydrogens (tertiary/aromatic N) is 2. The Kier molecular flexibility index (Phi) is 5.25. The van der Waals surface area contributed by atoms with Gasteiger partial charge in [-0.3, -0.25) is 9.59 Å². The smallest absolute Gasteiger partial charge is 0.267 e. The third-order valence-corrected chi connectivity index (χ3v) is 3.73. The number of nitrogens with one attached hydrogen (secondary N) is 1.